The van der Waals surface area contributed by atoms with Gasteiger partial charge in [0.25, 0.3) is 0 Å². The molecule has 0 amide bonds. The first-order chi connectivity index (χ1) is 8.40. The molecule has 0 radical (unpaired) electrons. The Morgan fingerprint density at radius 2 is 1.61 bits per heavy atom. The van der Waals surface area contributed by atoms with Gasteiger partial charge in [0.05, 0.1) is 0 Å². The summed E-state index contributed by atoms with van der Waals surface area (Å²) in [5.74, 6) is 1.75. The van der Waals surface area contributed by atoms with E-state index in [0.717, 1.165) is 30.8 Å². The van der Waals surface area contributed by atoms with Crippen molar-refractivity contribution >= 4 is 0 Å². The minimum atomic E-state index is 0.454. The lowest BCUT2D eigenvalue weighted by molar-refractivity contribution is 0.209. The smallest absolute Gasteiger partial charge is 0.122 e. The number of hydrogen-bond acceptors (Lipinski definition) is 2. The molecule has 1 N–H and O–H groups in total. The van der Waals surface area contributed by atoms with Crippen LogP contribution in [0, 0.1) is 18.8 Å². The third-order valence-electron chi connectivity index (χ3n) is 2.96. The van der Waals surface area contributed by atoms with Crippen LogP contribution in [-0.2, 0) is 6.54 Å². The highest BCUT2D eigenvalue weighted by atomic mass is 16.3. The average Bonchev–Trinajstić information content (AvgIpc) is 2.23. The highest BCUT2D eigenvalue weighted by molar-refractivity contribution is 5.39. The Morgan fingerprint density at radius 1 is 1.06 bits per heavy atom. The van der Waals surface area contributed by atoms with Crippen LogP contribution in [0.3, 0.4) is 0 Å². The molecule has 0 aliphatic carbocycles. The van der Waals surface area contributed by atoms with Crippen LogP contribution in [0.5, 0.6) is 5.75 Å². The highest BCUT2D eigenvalue weighted by Gasteiger charge is 2.12. The molecule has 102 valence electrons. The topological polar surface area (TPSA) is 23.5 Å². The Kier molecular flexibility index (Phi) is 5.67. The zero-order valence-electron chi connectivity index (χ0n) is 12.4. The van der Waals surface area contributed by atoms with Gasteiger partial charge in [0.15, 0.2) is 0 Å². The van der Waals surface area contributed by atoms with E-state index >= 15 is 0 Å². The van der Waals surface area contributed by atoms with E-state index in [1.165, 1.54) is 0 Å². The third-order valence-corrected chi connectivity index (χ3v) is 2.96. The third kappa shape index (κ3) is 4.69. The van der Waals surface area contributed by atoms with Crippen molar-refractivity contribution in [3.8, 4) is 5.75 Å². The minimum Gasteiger partial charge on any atom is -0.507 e. The summed E-state index contributed by atoms with van der Waals surface area (Å²) in [5, 5.41) is 10.1. The number of nitrogens with zero attached hydrogens (tertiary/aromatic N) is 1. The standard InChI is InChI=1S/C16H27NO/c1-12(2)9-17(10-13(3)4)11-15-8-6-7-14(5)16(15)18/h6-8,12-13,18H,9-11H2,1-5H3. The van der Waals surface area contributed by atoms with Gasteiger partial charge in [0, 0.05) is 25.2 Å². The van der Waals surface area contributed by atoms with Crippen molar-refractivity contribution in [2.24, 2.45) is 11.8 Å². The number of hydrogen-bond donors (Lipinski definition) is 1. The van der Waals surface area contributed by atoms with Gasteiger partial charge in [-0.2, -0.15) is 0 Å². The van der Waals surface area contributed by atoms with E-state index in [0.29, 0.717) is 17.6 Å². The van der Waals surface area contributed by atoms with E-state index in [9.17, 15) is 5.11 Å². The van der Waals surface area contributed by atoms with Crippen LogP contribution in [0.1, 0.15) is 38.8 Å². The number of aromatic hydroxyl groups is 1. The van der Waals surface area contributed by atoms with E-state index in [1.54, 1.807) is 0 Å². The number of rotatable bonds is 6. The van der Waals surface area contributed by atoms with E-state index in [-0.39, 0.29) is 0 Å². The molecule has 1 aromatic rings. The molecule has 2 heteroatoms. The first-order valence-electron chi connectivity index (χ1n) is 6.90. The van der Waals surface area contributed by atoms with Crippen LogP contribution in [0.25, 0.3) is 0 Å². The second-order valence-corrected chi connectivity index (χ2v) is 6.06. The molecule has 0 aliphatic rings. The first kappa shape index (κ1) is 15.0. The fraction of sp³-hybridized carbons (Fsp3) is 0.625. The van der Waals surface area contributed by atoms with Crippen molar-refractivity contribution < 1.29 is 5.11 Å². The van der Waals surface area contributed by atoms with Gasteiger partial charge < -0.3 is 5.11 Å². The number of para-hydroxylation sites is 1. The normalized spacial score (nSPS) is 11.8. The Bertz CT molecular complexity index is 361. The van der Waals surface area contributed by atoms with Crippen LogP contribution in [0.15, 0.2) is 18.2 Å². The first-order valence-corrected chi connectivity index (χ1v) is 6.90. The van der Waals surface area contributed by atoms with Crippen LogP contribution in [0.2, 0.25) is 0 Å². The molecule has 0 unspecified atom stereocenters. The van der Waals surface area contributed by atoms with Gasteiger partial charge in [-0.15, -0.1) is 0 Å². The molecule has 0 spiro atoms. The molecule has 1 aromatic carbocycles. The Balaban J connectivity index is 2.78. The van der Waals surface area contributed by atoms with Gasteiger partial charge in [-0.3, -0.25) is 4.90 Å². The minimum absolute atomic E-state index is 0.454. The maximum atomic E-state index is 10.1. The number of phenols is 1. The Hall–Kier alpha value is -1.02. The van der Waals surface area contributed by atoms with Gasteiger partial charge in [0.1, 0.15) is 5.75 Å². The van der Waals surface area contributed by atoms with Gasteiger partial charge in [-0.05, 0) is 24.3 Å². The molecule has 1 rings (SSSR count). The molecular formula is C16H27NO. The van der Waals surface area contributed by atoms with Crippen molar-refractivity contribution in [2.75, 3.05) is 13.1 Å². The molecule has 18 heavy (non-hydrogen) atoms. The van der Waals surface area contributed by atoms with Crippen LogP contribution in [-0.4, -0.2) is 23.1 Å². The van der Waals surface area contributed by atoms with E-state index < -0.39 is 0 Å². The molecule has 0 fully saturated rings. The summed E-state index contributed by atoms with van der Waals surface area (Å²) < 4.78 is 0. The fourth-order valence-electron chi connectivity index (χ4n) is 2.32. The lowest BCUT2D eigenvalue weighted by Crippen LogP contribution is -2.31. The zero-order valence-corrected chi connectivity index (χ0v) is 12.4. The van der Waals surface area contributed by atoms with E-state index in [4.69, 9.17) is 0 Å². The van der Waals surface area contributed by atoms with Crippen LogP contribution >= 0.6 is 0 Å². The van der Waals surface area contributed by atoms with Gasteiger partial charge >= 0.3 is 0 Å². The molecular weight excluding hydrogens is 222 g/mol. The highest BCUT2D eigenvalue weighted by Crippen LogP contribution is 2.23. The predicted octanol–water partition coefficient (Wildman–Crippen LogP) is 3.81. The van der Waals surface area contributed by atoms with Crippen LogP contribution in [0.4, 0.5) is 0 Å². The monoisotopic (exact) mass is 249 g/mol. The summed E-state index contributed by atoms with van der Waals surface area (Å²) in [5.41, 5.74) is 2.00. The molecule has 0 saturated heterocycles. The van der Waals surface area contributed by atoms with E-state index in [1.807, 2.05) is 25.1 Å². The summed E-state index contributed by atoms with van der Waals surface area (Å²) >= 11 is 0. The van der Waals surface area contributed by atoms with Crippen molar-refractivity contribution in [1.82, 2.24) is 4.90 Å². The fourth-order valence-corrected chi connectivity index (χ4v) is 2.32. The quantitative estimate of drug-likeness (QED) is 0.828. The largest absolute Gasteiger partial charge is 0.507 e. The van der Waals surface area contributed by atoms with Crippen molar-refractivity contribution in [2.45, 2.75) is 41.2 Å². The lowest BCUT2D eigenvalue weighted by atomic mass is 10.1. The average molecular weight is 249 g/mol. The second-order valence-electron chi connectivity index (χ2n) is 6.06. The SMILES string of the molecule is Cc1cccc(CN(CC(C)C)CC(C)C)c1O. The molecule has 0 bridgehead atoms. The molecule has 2 nitrogen and oxygen atoms in total. The number of aryl methyl sites for hydroxylation is 1. The maximum absolute atomic E-state index is 10.1. The Labute approximate surface area is 112 Å². The number of phenolic OH excluding ortho intramolecular Hbond substituents is 1. The second kappa shape index (κ2) is 6.79. The summed E-state index contributed by atoms with van der Waals surface area (Å²) in [6.07, 6.45) is 0. The summed E-state index contributed by atoms with van der Waals surface area (Å²) in [6.45, 7) is 13.9. The van der Waals surface area contributed by atoms with E-state index in [2.05, 4.69) is 32.6 Å². The molecule has 0 heterocycles. The summed E-state index contributed by atoms with van der Waals surface area (Å²) in [4.78, 5) is 2.43. The predicted molar refractivity (Wildman–Crippen MR) is 77.8 cm³/mol. The van der Waals surface area contributed by atoms with Gasteiger partial charge in [-0.25, -0.2) is 0 Å². The Morgan fingerprint density at radius 3 is 2.11 bits per heavy atom. The molecule has 0 saturated carbocycles. The molecule has 0 atom stereocenters. The van der Waals surface area contributed by atoms with Gasteiger partial charge in [0.2, 0.25) is 0 Å². The molecule has 0 aromatic heterocycles. The maximum Gasteiger partial charge on any atom is 0.122 e. The number of benzene rings is 1. The van der Waals surface area contributed by atoms with Crippen molar-refractivity contribution in [1.29, 1.82) is 0 Å². The summed E-state index contributed by atoms with van der Waals surface area (Å²) in [6, 6.07) is 6.00. The molecule has 0 aliphatic heterocycles. The summed E-state index contributed by atoms with van der Waals surface area (Å²) in [7, 11) is 0. The zero-order chi connectivity index (χ0) is 13.7. The van der Waals surface area contributed by atoms with Crippen molar-refractivity contribution in [3.63, 3.8) is 0 Å². The van der Waals surface area contributed by atoms with Gasteiger partial charge in [-0.1, -0.05) is 45.9 Å². The van der Waals surface area contributed by atoms with Crippen LogP contribution < -0.4 is 0 Å². The lowest BCUT2D eigenvalue weighted by Gasteiger charge is -2.26. The van der Waals surface area contributed by atoms with Crippen molar-refractivity contribution in [3.05, 3.63) is 29.3 Å².